The first-order chi connectivity index (χ1) is 12.5. The Labute approximate surface area is 163 Å². The van der Waals surface area contributed by atoms with Gasteiger partial charge in [-0.2, -0.15) is 0 Å². The molecule has 0 saturated carbocycles. The highest BCUT2D eigenvalue weighted by atomic mass is 35.5. The molecule has 1 heterocycles. The van der Waals surface area contributed by atoms with Crippen LogP contribution in [0.15, 0.2) is 42.5 Å². The first-order valence-corrected chi connectivity index (χ1v) is 8.51. The van der Waals surface area contributed by atoms with E-state index in [1.165, 1.54) is 4.68 Å². The molecular formula is C16H12Cl3N5O2. The van der Waals surface area contributed by atoms with Gasteiger partial charge in [-0.3, -0.25) is 0 Å². The van der Waals surface area contributed by atoms with Crippen LogP contribution in [0.2, 0.25) is 15.1 Å². The van der Waals surface area contributed by atoms with E-state index < -0.39 is 12.1 Å². The summed E-state index contributed by atoms with van der Waals surface area (Å²) in [6.45, 7) is -0.116. The van der Waals surface area contributed by atoms with Crippen molar-refractivity contribution in [3.05, 3.63) is 63.1 Å². The number of halogens is 3. The molecule has 0 aliphatic heterocycles. The number of tetrazole rings is 1. The highest BCUT2D eigenvalue weighted by molar-refractivity contribution is 6.43. The molecule has 2 aromatic carbocycles. The van der Waals surface area contributed by atoms with Crippen molar-refractivity contribution in [2.75, 3.05) is 6.61 Å². The molecule has 0 radical (unpaired) electrons. The molecular weight excluding hydrogens is 401 g/mol. The lowest BCUT2D eigenvalue weighted by Crippen LogP contribution is -2.24. The molecule has 0 bridgehead atoms. The highest BCUT2D eigenvalue weighted by Crippen LogP contribution is 2.34. The summed E-state index contributed by atoms with van der Waals surface area (Å²) in [4.78, 5) is 11.1. The molecule has 1 atom stereocenters. The number of rotatable bonds is 5. The van der Waals surface area contributed by atoms with Crippen LogP contribution in [0.1, 0.15) is 11.6 Å². The largest absolute Gasteiger partial charge is 0.447 e. The second-order valence-electron chi connectivity index (χ2n) is 5.22. The quantitative estimate of drug-likeness (QED) is 0.683. The first-order valence-electron chi connectivity index (χ1n) is 7.38. The number of aromatic nitrogens is 4. The summed E-state index contributed by atoms with van der Waals surface area (Å²) in [5, 5.41) is 12.9. The third-order valence-corrected chi connectivity index (χ3v) is 4.79. The maximum absolute atomic E-state index is 11.1. The Balaban J connectivity index is 2.11. The maximum atomic E-state index is 11.1. The van der Waals surface area contributed by atoms with E-state index in [-0.39, 0.29) is 6.61 Å². The molecule has 10 heteroatoms. The van der Waals surface area contributed by atoms with Crippen molar-refractivity contribution in [1.82, 2.24) is 20.2 Å². The summed E-state index contributed by atoms with van der Waals surface area (Å²) < 4.78 is 6.45. The average molecular weight is 413 g/mol. The van der Waals surface area contributed by atoms with Crippen molar-refractivity contribution >= 4 is 40.9 Å². The van der Waals surface area contributed by atoms with E-state index >= 15 is 0 Å². The molecule has 134 valence electrons. The van der Waals surface area contributed by atoms with Crippen LogP contribution in [0.5, 0.6) is 0 Å². The molecule has 1 amide bonds. The summed E-state index contributed by atoms with van der Waals surface area (Å²) in [6, 6.07) is 11.6. The Morgan fingerprint density at radius 2 is 1.85 bits per heavy atom. The van der Waals surface area contributed by atoms with Crippen LogP contribution in [-0.2, 0) is 4.74 Å². The van der Waals surface area contributed by atoms with Gasteiger partial charge in [-0.05, 0) is 34.2 Å². The topological polar surface area (TPSA) is 95.9 Å². The zero-order chi connectivity index (χ0) is 18.7. The highest BCUT2D eigenvalue weighted by Gasteiger charge is 2.25. The Morgan fingerprint density at radius 1 is 1.12 bits per heavy atom. The molecule has 1 unspecified atom stereocenters. The number of ether oxygens (including phenoxy) is 1. The van der Waals surface area contributed by atoms with Crippen LogP contribution in [0.3, 0.4) is 0 Å². The van der Waals surface area contributed by atoms with Crippen molar-refractivity contribution in [1.29, 1.82) is 0 Å². The third-order valence-electron chi connectivity index (χ3n) is 3.63. The fourth-order valence-electron chi connectivity index (χ4n) is 2.46. The minimum Gasteiger partial charge on any atom is -0.447 e. The molecule has 3 aromatic rings. The summed E-state index contributed by atoms with van der Waals surface area (Å²) >= 11 is 18.7. The molecule has 0 spiro atoms. The molecule has 2 N–H and O–H groups in total. The predicted octanol–water partition coefficient (Wildman–Crippen LogP) is 3.99. The number of hydrogen-bond acceptors (Lipinski definition) is 5. The summed E-state index contributed by atoms with van der Waals surface area (Å²) in [6.07, 6.45) is -0.919. The van der Waals surface area contributed by atoms with Crippen LogP contribution in [0, 0.1) is 0 Å². The minimum absolute atomic E-state index is 0.116. The molecule has 7 nitrogen and oxygen atoms in total. The van der Waals surface area contributed by atoms with Gasteiger partial charge in [-0.1, -0.05) is 59.1 Å². The van der Waals surface area contributed by atoms with E-state index in [0.29, 0.717) is 32.0 Å². The van der Waals surface area contributed by atoms with Crippen LogP contribution in [0.4, 0.5) is 4.79 Å². The number of carbonyl (C=O) groups is 1. The van der Waals surface area contributed by atoms with Gasteiger partial charge in [0.25, 0.3) is 0 Å². The zero-order valence-corrected chi connectivity index (χ0v) is 15.4. The van der Waals surface area contributed by atoms with Crippen LogP contribution in [-0.4, -0.2) is 32.9 Å². The molecule has 0 fully saturated rings. The normalized spacial score (nSPS) is 12.0. The van der Waals surface area contributed by atoms with Crippen molar-refractivity contribution < 1.29 is 9.53 Å². The van der Waals surface area contributed by atoms with Crippen molar-refractivity contribution in [3.8, 4) is 11.4 Å². The van der Waals surface area contributed by atoms with Gasteiger partial charge in [0.1, 0.15) is 12.6 Å². The van der Waals surface area contributed by atoms with E-state index in [1.54, 1.807) is 42.5 Å². The number of nitrogens with two attached hydrogens (primary N) is 1. The Kier molecular flexibility index (Phi) is 5.61. The van der Waals surface area contributed by atoms with Gasteiger partial charge in [0.15, 0.2) is 5.82 Å². The van der Waals surface area contributed by atoms with Gasteiger partial charge < -0.3 is 10.5 Å². The second kappa shape index (κ2) is 7.90. The van der Waals surface area contributed by atoms with Crippen LogP contribution >= 0.6 is 34.8 Å². The lowest BCUT2D eigenvalue weighted by atomic mass is 10.1. The monoisotopic (exact) mass is 411 g/mol. The number of carbonyl (C=O) groups excluding carboxylic acids is 1. The molecule has 0 saturated heterocycles. The van der Waals surface area contributed by atoms with E-state index in [0.717, 1.165) is 0 Å². The van der Waals surface area contributed by atoms with Gasteiger partial charge in [0.05, 0.1) is 10.0 Å². The molecule has 3 rings (SSSR count). The Bertz CT molecular complexity index is 947. The van der Waals surface area contributed by atoms with E-state index in [2.05, 4.69) is 15.5 Å². The summed E-state index contributed by atoms with van der Waals surface area (Å²) in [5.41, 5.74) is 6.29. The third kappa shape index (κ3) is 3.75. The molecule has 26 heavy (non-hydrogen) atoms. The molecule has 0 aliphatic carbocycles. The predicted molar refractivity (Wildman–Crippen MR) is 98.4 cm³/mol. The molecule has 0 aliphatic rings. The van der Waals surface area contributed by atoms with Crippen molar-refractivity contribution in [2.24, 2.45) is 5.73 Å². The lowest BCUT2D eigenvalue weighted by Gasteiger charge is -2.19. The van der Waals surface area contributed by atoms with Gasteiger partial charge in [0, 0.05) is 10.6 Å². The van der Waals surface area contributed by atoms with Gasteiger partial charge >= 0.3 is 6.09 Å². The summed E-state index contributed by atoms with van der Waals surface area (Å²) in [5.74, 6) is 0.343. The van der Waals surface area contributed by atoms with Crippen LogP contribution in [0.25, 0.3) is 11.4 Å². The van der Waals surface area contributed by atoms with Gasteiger partial charge in [-0.25, -0.2) is 9.48 Å². The van der Waals surface area contributed by atoms with Gasteiger partial charge in [0.2, 0.25) is 0 Å². The number of nitrogens with zero attached hydrogens (tertiary/aromatic N) is 4. The summed E-state index contributed by atoms with van der Waals surface area (Å²) in [7, 11) is 0. The van der Waals surface area contributed by atoms with E-state index in [9.17, 15) is 4.79 Å². The molecule has 1 aromatic heterocycles. The fraction of sp³-hybridized carbons (Fsp3) is 0.125. The number of amides is 1. The average Bonchev–Trinajstić information content (AvgIpc) is 3.08. The standard InChI is InChI=1S/C16H12Cl3N5O2/c17-11-6-2-1-4-9(11)13(8-26-16(20)25)24-15(21-22-23-24)10-5-3-7-12(18)14(10)19/h1-7,13H,8H2,(H2,20,25). The van der Waals surface area contributed by atoms with Crippen LogP contribution < -0.4 is 5.73 Å². The first kappa shape index (κ1) is 18.4. The Morgan fingerprint density at radius 3 is 2.58 bits per heavy atom. The van der Waals surface area contributed by atoms with Crippen molar-refractivity contribution in [2.45, 2.75) is 6.04 Å². The minimum atomic E-state index is -0.919. The maximum Gasteiger partial charge on any atom is 0.404 e. The SMILES string of the molecule is NC(=O)OCC(c1ccccc1Cl)n1nnnc1-c1cccc(Cl)c1Cl. The number of hydrogen-bond donors (Lipinski definition) is 1. The van der Waals surface area contributed by atoms with E-state index in [1.807, 2.05) is 0 Å². The second-order valence-corrected chi connectivity index (χ2v) is 6.41. The Hall–Kier alpha value is -2.35. The van der Waals surface area contributed by atoms with Crippen molar-refractivity contribution in [3.63, 3.8) is 0 Å². The zero-order valence-electron chi connectivity index (χ0n) is 13.1. The number of primary amides is 1. The van der Waals surface area contributed by atoms with Gasteiger partial charge in [-0.15, -0.1) is 5.10 Å². The lowest BCUT2D eigenvalue weighted by molar-refractivity contribution is 0.142. The fourth-order valence-corrected chi connectivity index (χ4v) is 3.10. The number of benzene rings is 2. The van der Waals surface area contributed by atoms with E-state index in [4.69, 9.17) is 45.3 Å². The smallest absolute Gasteiger partial charge is 0.404 e.